The van der Waals surface area contributed by atoms with Gasteiger partial charge in [0.05, 0.1) is 13.2 Å². The van der Waals surface area contributed by atoms with Gasteiger partial charge in [0, 0.05) is 45.9 Å². The van der Waals surface area contributed by atoms with E-state index in [-0.39, 0.29) is 0 Å². The number of benzene rings is 1. The highest BCUT2D eigenvalue weighted by Gasteiger charge is 2.19. The van der Waals surface area contributed by atoms with Crippen molar-refractivity contribution in [1.29, 1.82) is 0 Å². The van der Waals surface area contributed by atoms with Crippen LogP contribution in [-0.2, 0) is 4.74 Å². The highest BCUT2D eigenvalue weighted by molar-refractivity contribution is 5.79. The Morgan fingerprint density at radius 2 is 2.00 bits per heavy atom. The number of aliphatic imine (C=N–C) groups is 1. The van der Waals surface area contributed by atoms with E-state index < -0.39 is 11.6 Å². The van der Waals surface area contributed by atoms with E-state index in [0.29, 0.717) is 30.9 Å². The van der Waals surface area contributed by atoms with Gasteiger partial charge in [-0.3, -0.25) is 4.99 Å². The lowest BCUT2D eigenvalue weighted by Crippen LogP contribution is -2.49. The summed E-state index contributed by atoms with van der Waals surface area (Å²) in [7, 11) is 3.44. The Kier molecular flexibility index (Phi) is 8.57. The predicted octanol–water partition coefficient (Wildman–Crippen LogP) is 1.62. The summed E-state index contributed by atoms with van der Waals surface area (Å²) in [6.45, 7) is 4.64. The second-order valence-corrected chi connectivity index (χ2v) is 6.18. The first-order chi connectivity index (χ1) is 12.6. The number of methoxy groups -OCH3 is 1. The van der Waals surface area contributed by atoms with E-state index >= 15 is 0 Å². The Balaban J connectivity index is 1.64. The molecule has 1 saturated heterocycles. The molecule has 1 aromatic rings. The summed E-state index contributed by atoms with van der Waals surface area (Å²) in [6, 6.07) is 3.88. The molecule has 0 bridgehead atoms. The summed E-state index contributed by atoms with van der Waals surface area (Å²) in [5, 5.41) is 6.58. The van der Waals surface area contributed by atoms with Crippen LogP contribution in [0.5, 0.6) is 5.75 Å². The molecular weight excluding hydrogens is 342 g/mol. The van der Waals surface area contributed by atoms with E-state index in [9.17, 15) is 8.78 Å². The molecular formula is C18H28F2N4O2. The van der Waals surface area contributed by atoms with Crippen molar-refractivity contribution in [2.24, 2.45) is 4.99 Å². The van der Waals surface area contributed by atoms with Gasteiger partial charge in [-0.1, -0.05) is 0 Å². The number of ether oxygens (including phenoxy) is 2. The van der Waals surface area contributed by atoms with Crippen LogP contribution in [0.1, 0.15) is 12.8 Å². The van der Waals surface area contributed by atoms with Gasteiger partial charge >= 0.3 is 0 Å². The fourth-order valence-corrected chi connectivity index (χ4v) is 2.81. The average molecular weight is 370 g/mol. The number of rotatable bonds is 8. The zero-order valence-electron chi connectivity index (χ0n) is 15.4. The third-order valence-corrected chi connectivity index (χ3v) is 4.32. The number of guanidine groups is 1. The minimum Gasteiger partial charge on any atom is -0.492 e. The molecule has 0 radical (unpaired) electrons. The molecule has 0 amide bonds. The number of hydrogen-bond donors (Lipinski definition) is 2. The molecule has 8 heteroatoms. The van der Waals surface area contributed by atoms with E-state index in [2.05, 4.69) is 20.5 Å². The monoisotopic (exact) mass is 370 g/mol. The number of nitrogens with zero attached hydrogens (tertiary/aromatic N) is 2. The number of hydrogen-bond acceptors (Lipinski definition) is 4. The van der Waals surface area contributed by atoms with Gasteiger partial charge in [-0.25, -0.2) is 8.78 Å². The number of nitrogens with one attached hydrogen (secondary N) is 2. The van der Waals surface area contributed by atoms with Gasteiger partial charge in [0.2, 0.25) is 0 Å². The van der Waals surface area contributed by atoms with Gasteiger partial charge in [0.1, 0.15) is 12.4 Å². The van der Waals surface area contributed by atoms with Gasteiger partial charge < -0.3 is 25.0 Å². The standard InChI is InChI=1S/C18H28F2N4O2/c1-21-18(23-14-5-8-24(9-6-14)10-12-25-2)22-7-11-26-15-3-4-16(19)17(20)13-15/h3-4,13-14H,5-12H2,1-2H3,(H2,21,22,23). The highest BCUT2D eigenvalue weighted by atomic mass is 19.2. The second kappa shape index (κ2) is 10.9. The van der Waals surface area contributed by atoms with Crippen LogP contribution in [-0.4, -0.2) is 70.5 Å². The Morgan fingerprint density at radius 1 is 1.23 bits per heavy atom. The second-order valence-electron chi connectivity index (χ2n) is 6.18. The van der Waals surface area contributed by atoms with Crippen molar-refractivity contribution < 1.29 is 18.3 Å². The van der Waals surface area contributed by atoms with Gasteiger partial charge in [0.15, 0.2) is 17.6 Å². The predicted molar refractivity (Wildman–Crippen MR) is 97.7 cm³/mol. The molecule has 0 unspecified atom stereocenters. The Morgan fingerprint density at radius 3 is 2.65 bits per heavy atom. The molecule has 0 aliphatic carbocycles. The van der Waals surface area contributed by atoms with E-state index in [0.717, 1.165) is 51.2 Å². The van der Waals surface area contributed by atoms with Crippen molar-refractivity contribution in [2.45, 2.75) is 18.9 Å². The molecule has 2 rings (SSSR count). The van der Waals surface area contributed by atoms with Gasteiger partial charge in [-0.05, 0) is 25.0 Å². The minimum absolute atomic E-state index is 0.303. The van der Waals surface area contributed by atoms with E-state index in [1.807, 2.05) is 0 Å². The molecule has 26 heavy (non-hydrogen) atoms. The largest absolute Gasteiger partial charge is 0.492 e. The van der Waals surface area contributed by atoms with Crippen molar-refractivity contribution >= 4 is 5.96 Å². The molecule has 0 atom stereocenters. The van der Waals surface area contributed by atoms with Crippen molar-refractivity contribution in [3.05, 3.63) is 29.8 Å². The van der Waals surface area contributed by atoms with Crippen LogP contribution >= 0.6 is 0 Å². The number of piperidine rings is 1. The quantitative estimate of drug-likeness (QED) is 0.414. The van der Waals surface area contributed by atoms with Crippen LogP contribution < -0.4 is 15.4 Å². The maximum Gasteiger partial charge on any atom is 0.191 e. The minimum atomic E-state index is -0.912. The molecule has 2 N–H and O–H groups in total. The molecule has 1 fully saturated rings. The first-order valence-electron chi connectivity index (χ1n) is 8.88. The third kappa shape index (κ3) is 6.76. The summed E-state index contributed by atoms with van der Waals surface area (Å²) >= 11 is 0. The summed E-state index contributed by atoms with van der Waals surface area (Å²) in [4.78, 5) is 6.61. The average Bonchev–Trinajstić information content (AvgIpc) is 2.66. The van der Waals surface area contributed by atoms with Crippen molar-refractivity contribution in [3.8, 4) is 5.75 Å². The smallest absolute Gasteiger partial charge is 0.191 e. The van der Waals surface area contributed by atoms with Crippen LogP contribution in [0.4, 0.5) is 8.78 Å². The first kappa shape index (κ1) is 20.4. The SMILES string of the molecule is CN=C(NCCOc1ccc(F)c(F)c1)NC1CCN(CCOC)CC1. The summed E-state index contributed by atoms with van der Waals surface area (Å²) in [6.07, 6.45) is 2.10. The van der Waals surface area contributed by atoms with Crippen LogP contribution in [0.2, 0.25) is 0 Å². The fraction of sp³-hybridized carbons (Fsp3) is 0.611. The Hall–Kier alpha value is -1.93. The molecule has 6 nitrogen and oxygen atoms in total. The van der Waals surface area contributed by atoms with E-state index in [1.54, 1.807) is 14.2 Å². The Labute approximate surface area is 153 Å². The maximum atomic E-state index is 13.1. The first-order valence-corrected chi connectivity index (χ1v) is 8.88. The van der Waals surface area contributed by atoms with Gasteiger partial charge in [-0.2, -0.15) is 0 Å². The molecule has 146 valence electrons. The zero-order chi connectivity index (χ0) is 18.8. The number of likely N-dealkylation sites (tertiary alicyclic amines) is 1. The van der Waals surface area contributed by atoms with Crippen LogP contribution in [0, 0.1) is 11.6 Å². The number of halogens is 2. The molecule has 1 aromatic carbocycles. The molecule has 0 spiro atoms. The van der Waals surface area contributed by atoms with Gasteiger partial charge in [0.25, 0.3) is 0 Å². The Bertz CT molecular complexity index is 578. The molecule has 1 aliphatic rings. The highest BCUT2D eigenvalue weighted by Crippen LogP contribution is 2.15. The summed E-state index contributed by atoms with van der Waals surface area (Å²) in [5.74, 6) is -0.774. The summed E-state index contributed by atoms with van der Waals surface area (Å²) < 4.78 is 36.5. The van der Waals surface area contributed by atoms with Crippen LogP contribution in [0.25, 0.3) is 0 Å². The maximum absolute atomic E-state index is 13.1. The third-order valence-electron chi connectivity index (χ3n) is 4.32. The lowest BCUT2D eigenvalue weighted by Gasteiger charge is -2.32. The van der Waals surface area contributed by atoms with E-state index in [4.69, 9.17) is 9.47 Å². The van der Waals surface area contributed by atoms with Crippen molar-refractivity contribution in [2.75, 3.05) is 53.6 Å². The van der Waals surface area contributed by atoms with E-state index in [1.165, 1.54) is 6.07 Å². The molecule has 0 saturated carbocycles. The summed E-state index contributed by atoms with van der Waals surface area (Å²) in [5.41, 5.74) is 0. The van der Waals surface area contributed by atoms with Crippen LogP contribution in [0.3, 0.4) is 0 Å². The fourth-order valence-electron chi connectivity index (χ4n) is 2.81. The van der Waals surface area contributed by atoms with Gasteiger partial charge in [-0.15, -0.1) is 0 Å². The zero-order valence-corrected chi connectivity index (χ0v) is 15.4. The topological polar surface area (TPSA) is 58.1 Å². The lowest BCUT2D eigenvalue weighted by atomic mass is 10.1. The lowest BCUT2D eigenvalue weighted by molar-refractivity contribution is 0.128. The van der Waals surface area contributed by atoms with Crippen molar-refractivity contribution in [1.82, 2.24) is 15.5 Å². The molecule has 0 aromatic heterocycles. The van der Waals surface area contributed by atoms with Crippen molar-refractivity contribution in [3.63, 3.8) is 0 Å². The van der Waals surface area contributed by atoms with Crippen LogP contribution in [0.15, 0.2) is 23.2 Å². The molecule has 1 heterocycles. The molecule has 1 aliphatic heterocycles. The normalized spacial score (nSPS) is 16.5.